The van der Waals surface area contributed by atoms with Crippen molar-refractivity contribution in [2.45, 2.75) is 4.90 Å². The van der Waals surface area contributed by atoms with Crippen LogP contribution in [-0.2, 0) is 10.0 Å². The highest BCUT2D eigenvalue weighted by Crippen LogP contribution is 2.25. The minimum Gasteiger partial charge on any atom is -0.457 e. The van der Waals surface area contributed by atoms with Crippen molar-refractivity contribution < 1.29 is 13.2 Å². The van der Waals surface area contributed by atoms with Crippen LogP contribution in [0.4, 0.5) is 5.69 Å². The molecular weight excluding hydrogens is 336 g/mol. The molecule has 0 aliphatic heterocycles. The lowest BCUT2D eigenvalue weighted by Gasteiger charge is -2.10. The molecule has 6 heteroatoms. The van der Waals surface area contributed by atoms with Gasteiger partial charge in [-0.15, -0.1) is 0 Å². The van der Waals surface area contributed by atoms with E-state index in [4.69, 9.17) is 10.00 Å². The van der Waals surface area contributed by atoms with E-state index in [9.17, 15) is 8.42 Å². The van der Waals surface area contributed by atoms with Crippen LogP contribution in [-0.4, -0.2) is 8.42 Å². The number of para-hydroxylation sites is 1. The van der Waals surface area contributed by atoms with Gasteiger partial charge in [-0.25, -0.2) is 8.42 Å². The van der Waals surface area contributed by atoms with Crippen molar-refractivity contribution in [3.8, 4) is 17.6 Å². The fraction of sp³-hybridized carbons (Fsp3) is 0. The van der Waals surface area contributed by atoms with Crippen molar-refractivity contribution in [1.29, 1.82) is 5.26 Å². The average molecular weight is 350 g/mol. The molecule has 1 N–H and O–H groups in total. The molecule has 0 unspecified atom stereocenters. The standard InChI is InChI=1S/C19H14N2O3S/c20-14-15-9-11-19(12-10-15)25(22,23)21-16-5-4-8-18(13-16)24-17-6-2-1-3-7-17/h1-13,21H. The Morgan fingerprint density at radius 1 is 0.840 bits per heavy atom. The van der Waals surface area contributed by atoms with Gasteiger partial charge in [0.25, 0.3) is 10.0 Å². The summed E-state index contributed by atoms with van der Waals surface area (Å²) in [5.41, 5.74) is 0.787. The molecule has 0 spiro atoms. The van der Waals surface area contributed by atoms with Crippen molar-refractivity contribution in [2.24, 2.45) is 0 Å². The summed E-state index contributed by atoms with van der Waals surface area (Å²) in [7, 11) is -3.74. The van der Waals surface area contributed by atoms with Gasteiger partial charge in [-0.05, 0) is 48.5 Å². The molecule has 0 saturated heterocycles. The van der Waals surface area contributed by atoms with E-state index in [2.05, 4.69) is 4.72 Å². The van der Waals surface area contributed by atoms with E-state index in [-0.39, 0.29) is 4.90 Å². The van der Waals surface area contributed by atoms with Gasteiger partial charge < -0.3 is 4.74 Å². The largest absolute Gasteiger partial charge is 0.457 e. The molecule has 0 aliphatic carbocycles. The average Bonchev–Trinajstić information content (AvgIpc) is 2.62. The zero-order valence-corrected chi connectivity index (χ0v) is 13.9. The van der Waals surface area contributed by atoms with Crippen LogP contribution in [0.1, 0.15) is 5.56 Å². The first-order valence-corrected chi connectivity index (χ1v) is 8.91. The number of nitrogens with one attached hydrogen (secondary N) is 1. The van der Waals surface area contributed by atoms with Gasteiger partial charge in [0.15, 0.2) is 0 Å². The van der Waals surface area contributed by atoms with Gasteiger partial charge in [-0.2, -0.15) is 5.26 Å². The lowest BCUT2D eigenvalue weighted by atomic mass is 10.2. The van der Waals surface area contributed by atoms with Gasteiger partial charge in [-0.3, -0.25) is 4.72 Å². The summed E-state index contributed by atoms with van der Waals surface area (Å²) < 4.78 is 33.1. The minimum atomic E-state index is -3.74. The van der Waals surface area contributed by atoms with Gasteiger partial charge in [0.2, 0.25) is 0 Å². The molecule has 3 aromatic carbocycles. The molecule has 0 bridgehead atoms. The van der Waals surface area contributed by atoms with Crippen LogP contribution in [0.3, 0.4) is 0 Å². The molecule has 124 valence electrons. The van der Waals surface area contributed by atoms with Crippen LogP contribution < -0.4 is 9.46 Å². The smallest absolute Gasteiger partial charge is 0.261 e. The fourth-order valence-corrected chi connectivity index (χ4v) is 3.22. The van der Waals surface area contributed by atoms with E-state index in [0.29, 0.717) is 22.7 Å². The number of benzene rings is 3. The summed E-state index contributed by atoms with van der Waals surface area (Å²) in [6.07, 6.45) is 0. The highest BCUT2D eigenvalue weighted by atomic mass is 32.2. The summed E-state index contributed by atoms with van der Waals surface area (Å²) in [5, 5.41) is 8.79. The highest BCUT2D eigenvalue weighted by Gasteiger charge is 2.14. The minimum absolute atomic E-state index is 0.0841. The highest BCUT2D eigenvalue weighted by molar-refractivity contribution is 7.92. The molecule has 0 aliphatic rings. The van der Waals surface area contributed by atoms with Crippen LogP contribution >= 0.6 is 0 Å². The topological polar surface area (TPSA) is 79.2 Å². The van der Waals surface area contributed by atoms with Gasteiger partial charge >= 0.3 is 0 Å². The van der Waals surface area contributed by atoms with Gasteiger partial charge in [0, 0.05) is 6.07 Å². The number of sulfonamides is 1. The van der Waals surface area contributed by atoms with E-state index in [1.54, 1.807) is 24.3 Å². The molecule has 5 nitrogen and oxygen atoms in total. The molecule has 0 atom stereocenters. The predicted octanol–water partition coefficient (Wildman–Crippen LogP) is 4.15. The first-order valence-electron chi connectivity index (χ1n) is 7.43. The Kier molecular flexibility index (Phi) is 4.68. The van der Waals surface area contributed by atoms with Crippen LogP contribution in [0.25, 0.3) is 0 Å². The lowest BCUT2D eigenvalue weighted by Crippen LogP contribution is -2.12. The van der Waals surface area contributed by atoms with Crippen molar-refractivity contribution in [3.63, 3.8) is 0 Å². The van der Waals surface area contributed by atoms with E-state index < -0.39 is 10.0 Å². The first-order chi connectivity index (χ1) is 12.1. The molecule has 25 heavy (non-hydrogen) atoms. The SMILES string of the molecule is N#Cc1ccc(S(=O)(=O)Nc2cccc(Oc3ccccc3)c2)cc1. The van der Waals surface area contributed by atoms with Crippen molar-refractivity contribution >= 4 is 15.7 Å². The molecule has 0 fully saturated rings. The zero-order valence-electron chi connectivity index (χ0n) is 13.1. The summed E-state index contributed by atoms with van der Waals surface area (Å²) in [6.45, 7) is 0. The van der Waals surface area contributed by atoms with Crippen LogP contribution in [0.2, 0.25) is 0 Å². The maximum atomic E-state index is 12.4. The molecule has 0 saturated carbocycles. The molecular formula is C19H14N2O3S. The van der Waals surface area contributed by atoms with Crippen LogP contribution in [0.15, 0.2) is 83.8 Å². The number of rotatable bonds is 5. The second kappa shape index (κ2) is 7.07. The van der Waals surface area contributed by atoms with Crippen molar-refractivity contribution in [2.75, 3.05) is 4.72 Å². The van der Waals surface area contributed by atoms with E-state index >= 15 is 0 Å². The number of hydrogen-bond donors (Lipinski definition) is 1. The second-order valence-electron chi connectivity index (χ2n) is 5.18. The second-order valence-corrected chi connectivity index (χ2v) is 6.87. The number of anilines is 1. The van der Waals surface area contributed by atoms with E-state index in [1.807, 2.05) is 36.4 Å². The van der Waals surface area contributed by atoms with Crippen LogP contribution in [0, 0.1) is 11.3 Å². The zero-order chi connectivity index (χ0) is 17.7. The van der Waals surface area contributed by atoms with Gasteiger partial charge in [0.1, 0.15) is 11.5 Å². The van der Waals surface area contributed by atoms with Crippen molar-refractivity contribution in [1.82, 2.24) is 0 Å². The van der Waals surface area contributed by atoms with E-state index in [0.717, 1.165) is 0 Å². The third-order valence-electron chi connectivity index (χ3n) is 3.36. The Labute approximate surface area is 146 Å². The Hall–Kier alpha value is -3.30. The molecule has 0 aromatic heterocycles. The Bertz CT molecular complexity index is 1010. The summed E-state index contributed by atoms with van der Waals surface area (Å²) >= 11 is 0. The van der Waals surface area contributed by atoms with Gasteiger partial charge in [0.05, 0.1) is 22.2 Å². The Morgan fingerprint density at radius 3 is 2.20 bits per heavy atom. The molecule has 3 aromatic rings. The Morgan fingerprint density at radius 2 is 1.52 bits per heavy atom. The van der Waals surface area contributed by atoms with E-state index in [1.165, 1.54) is 24.3 Å². The Balaban J connectivity index is 1.80. The van der Waals surface area contributed by atoms with Crippen molar-refractivity contribution in [3.05, 3.63) is 84.4 Å². The number of nitriles is 1. The third kappa shape index (κ3) is 4.16. The quantitative estimate of drug-likeness (QED) is 0.749. The number of nitrogens with zero attached hydrogens (tertiary/aromatic N) is 1. The summed E-state index contributed by atoms with van der Waals surface area (Å²) in [5.74, 6) is 1.18. The summed E-state index contributed by atoms with van der Waals surface area (Å²) in [6, 6.07) is 23.6. The molecule has 0 amide bonds. The number of hydrogen-bond acceptors (Lipinski definition) is 4. The van der Waals surface area contributed by atoms with Gasteiger partial charge in [-0.1, -0.05) is 24.3 Å². The first kappa shape index (κ1) is 16.6. The maximum absolute atomic E-state index is 12.4. The predicted molar refractivity (Wildman–Crippen MR) is 94.9 cm³/mol. The monoisotopic (exact) mass is 350 g/mol. The molecule has 3 rings (SSSR count). The lowest BCUT2D eigenvalue weighted by molar-refractivity contribution is 0.483. The molecule has 0 radical (unpaired) electrons. The number of ether oxygens (including phenoxy) is 1. The third-order valence-corrected chi connectivity index (χ3v) is 4.76. The van der Waals surface area contributed by atoms with Crippen LogP contribution in [0.5, 0.6) is 11.5 Å². The maximum Gasteiger partial charge on any atom is 0.261 e. The molecule has 0 heterocycles. The fourth-order valence-electron chi connectivity index (χ4n) is 2.17. The summed E-state index contributed by atoms with van der Waals surface area (Å²) in [4.78, 5) is 0.0841. The normalized spacial score (nSPS) is 10.7.